The van der Waals surface area contributed by atoms with Crippen molar-refractivity contribution in [3.63, 3.8) is 0 Å². The van der Waals surface area contributed by atoms with E-state index in [1.54, 1.807) is 0 Å². The second kappa shape index (κ2) is 5.20. The third-order valence-electron chi connectivity index (χ3n) is 2.50. The van der Waals surface area contributed by atoms with Crippen LogP contribution in [0.2, 0.25) is 6.04 Å². The van der Waals surface area contributed by atoms with Gasteiger partial charge in [-0.25, -0.2) is 0 Å². The van der Waals surface area contributed by atoms with Crippen LogP contribution in [-0.2, 0) is 0 Å². The third kappa shape index (κ3) is 3.30. The molecule has 0 aliphatic carbocycles. The molecule has 0 nitrogen and oxygen atoms in total. The highest BCUT2D eigenvalue weighted by Crippen LogP contribution is 2.26. The van der Waals surface area contributed by atoms with Gasteiger partial charge in [-0.3, -0.25) is 0 Å². The van der Waals surface area contributed by atoms with Gasteiger partial charge in [-0.2, -0.15) is 0 Å². The van der Waals surface area contributed by atoms with Gasteiger partial charge in [0.1, 0.15) is 0 Å². The number of hydrogen-bond donors (Lipinski definition) is 0. The molecule has 0 aliphatic rings. The van der Waals surface area contributed by atoms with Crippen LogP contribution in [0, 0.1) is 5.92 Å². The summed E-state index contributed by atoms with van der Waals surface area (Å²) in [6.45, 7) is 2.16. The Kier molecular flexibility index (Phi) is 4.49. The Morgan fingerprint density at radius 2 is 1.79 bits per heavy atom. The normalized spacial score (nSPS) is 14.0. The van der Waals surface area contributed by atoms with Crippen LogP contribution >= 0.6 is 22.2 Å². The van der Waals surface area contributed by atoms with Crippen molar-refractivity contribution in [2.24, 2.45) is 5.92 Å². The van der Waals surface area contributed by atoms with Gasteiger partial charge < -0.3 is 0 Å². The highest BCUT2D eigenvalue weighted by atomic mass is 35.7. The lowest BCUT2D eigenvalue weighted by molar-refractivity contribution is 0.621. The van der Waals surface area contributed by atoms with Crippen LogP contribution in [0.4, 0.5) is 0 Å². The molecule has 3 heteroatoms. The summed E-state index contributed by atoms with van der Waals surface area (Å²) in [5.41, 5.74) is 0. The first kappa shape index (κ1) is 12.1. The second-order valence-electron chi connectivity index (χ2n) is 3.79. The van der Waals surface area contributed by atoms with E-state index >= 15 is 0 Å². The van der Waals surface area contributed by atoms with Gasteiger partial charge in [0.2, 0.25) is 0 Å². The molecule has 0 bridgehead atoms. The highest BCUT2D eigenvalue weighted by Gasteiger charge is 2.32. The zero-order valence-corrected chi connectivity index (χ0v) is 11.1. The summed E-state index contributed by atoms with van der Waals surface area (Å²) in [5, 5.41) is 1.13. The van der Waals surface area contributed by atoms with Crippen molar-refractivity contribution in [2.45, 2.75) is 26.3 Å². The lowest BCUT2D eigenvalue weighted by Crippen LogP contribution is -2.37. The Morgan fingerprint density at radius 1 is 1.21 bits per heavy atom. The van der Waals surface area contributed by atoms with Crippen molar-refractivity contribution in [3.05, 3.63) is 30.3 Å². The van der Waals surface area contributed by atoms with Crippen molar-refractivity contribution in [3.8, 4) is 0 Å². The van der Waals surface area contributed by atoms with Gasteiger partial charge in [0, 0.05) is 0 Å². The molecule has 78 valence electrons. The van der Waals surface area contributed by atoms with Gasteiger partial charge >= 0.3 is 0 Å². The zero-order valence-electron chi connectivity index (χ0n) is 8.63. The summed E-state index contributed by atoms with van der Waals surface area (Å²) >= 11 is 12.9. The molecule has 1 atom stereocenters. The number of rotatable bonds is 4. The summed E-state index contributed by atoms with van der Waals surface area (Å²) in [7, 11) is 0. The van der Waals surface area contributed by atoms with Gasteiger partial charge in [-0.05, 0) is 17.1 Å². The molecule has 1 unspecified atom stereocenters. The highest BCUT2D eigenvalue weighted by molar-refractivity contribution is 7.51. The van der Waals surface area contributed by atoms with E-state index in [0.29, 0.717) is 5.92 Å². The fourth-order valence-electron chi connectivity index (χ4n) is 1.38. The molecule has 0 radical (unpaired) electrons. The predicted molar refractivity (Wildman–Crippen MR) is 67.8 cm³/mol. The summed E-state index contributed by atoms with van der Waals surface area (Å²) in [6.07, 6.45) is 1.14. The van der Waals surface area contributed by atoms with Crippen molar-refractivity contribution in [1.82, 2.24) is 0 Å². The average Bonchev–Trinajstić information content (AvgIpc) is 2.18. The van der Waals surface area contributed by atoms with E-state index in [4.69, 9.17) is 22.2 Å². The molecule has 0 aromatic heterocycles. The lowest BCUT2D eigenvalue weighted by atomic mass is 10.2. The van der Waals surface area contributed by atoms with Gasteiger partial charge in [0.25, 0.3) is 6.69 Å². The first-order chi connectivity index (χ1) is 6.56. The van der Waals surface area contributed by atoms with Crippen molar-refractivity contribution < 1.29 is 0 Å². The van der Waals surface area contributed by atoms with Crippen LogP contribution < -0.4 is 5.19 Å². The summed E-state index contributed by atoms with van der Waals surface area (Å²) in [4.78, 5) is 0. The van der Waals surface area contributed by atoms with Crippen LogP contribution in [0.5, 0.6) is 0 Å². The summed E-state index contributed by atoms with van der Waals surface area (Å²) in [6, 6.07) is 11.0. The summed E-state index contributed by atoms with van der Waals surface area (Å²) in [5.74, 6) is 0.608. The minimum atomic E-state index is -2.22. The third-order valence-corrected chi connectivity index (χ3v) is 7.12. The van der Waals surface area contributed by atoms with E-state index < -0.39 is 6.69 Å². The fraction of sp³-hybridized carbons (Fsp3) is 0.455. The van der Waals surface area contributed by atoms with E-state index in [9.17, 15) is 0 Å². The Hall–Kier alpha value is 0.0169. The fourth-order valence-corrected chi connectivity index (χ4v) is 5.80. The maximum Gasteiger partial charge on any atom is 0.281 e. The molecule has 0 saturated carbocycles. The maximum atomic E-state index is 6.44. The van der Waals surface area contributed by atoms with Crippen molar-refractivity contribution in [1.29, 1.82) is 0 Å². The molecule has 0 heterocycles. The molecule has 1 aromatic carbocycles. The molecule has 0 amide bonds. The molecular weight excluding hydrogens is 231 g/mol. The molecule has 0 saturated heterocycles. The van der Waals surface area contributed by atoms with Gasteiger partial charge in [-0.15, -0.1) is 22.2 Å². The average molecular weight is 247 g/mol. The van der Waals surface area contributed by atoms with Crippen LogP contribution in [0.3, 0.4) is 0 Å². The van der Waals surface area contributed by atoms with E-state index in [1.807, 2.05) is 30.3 Å². The van der Waals surface area contributed by atoms with Crippen LogP contribution in [0.25, 0.3) is 0 Å². The predicted octanol–water partition coefficient (Wildman–Crippen LogP) is 3.86. The quantitative estimate of drug-likeness (QED) is 0.560. The lowest BCUT2D eigenvalue weighted by Gasteiger charge is -2.20. The topological polar surface area (TPSA) is 0 Å². The molecule has 1 aromatic rings. The zero-order chi connectivity index (χ0) is 10.6. The smallest absolute Gasteiger partial charge is 0.140 e. The largest absolute Gasteiger partial charge is 0.281 e. The SMILES string of the molecule is CCC(C)C[Si](Cl)(Cl)c1ccccc1. The molecule has 0 N–H and O–H groups in total. The van der Waals surface area contributed by atoms with Gasteiger partial charge in [0.15, 0.2) is 0 Å². The first-order valence-electron chi connectivity index (χ1n) is 4.99. The minimum Gasteiger partial charge on any atom is -0.140 e. The van der Waals surface area contributed by atoms with Crippen LogP contribution in [-0.4, -0.2) is 6.69 Å². The minimum absolute atomic E-state index is 0.608. The van der Waals surface area contributed by atoms with E-state index in [0.717, 1.165) is 17.7 Å². The molecule has 0 spiro atoms. The van der Waals surface area contributed by atoms with E-state index in [1.165, 1.54) is 0 Å². The van der Waals surface area contributed by atoms with Crippen LogP contribution in [0.1, 0.15) is 20.3 Å². The molecular formula is C11H16Cl2Si. The Morgan fingerprint density at radius 3 is 2.29 bits per heavy atom. The molecule has 0 fully saturated rings. The number of halogens is 2. The Bertz CT molecular complexity index is 272. The molecule has 14 heavy (non-hydrogen) atoms. The Labute approximate surface area is 96.7 Å². The van der Waals surface area contributed by atoms with Gasteiger partial charge in [0.05, 0.1) is 0 Å². The van der Waals surface area contributed by atoms with Gasteiger partial charge in [-0.1, -0.05) is 50.6 Å². The maximum absolute atomic E-state index is 6.44. The molecule has 1 rings (SSSR count). The van der Waals surface area contributed by atoms with Crippen LogP contribution in [0.15, 0.2) is 30.3 Å². The van der Waals surface area contributed by atoms with E-state index in [-0.39, 0.29) is 0 Å². The number of benzene rings is 1. The molecule has 0 aliphatic heterocycles. The van der Waals surface area contributed by atoms with E-state index in [2.05, 4.69) is 13.8 Å². The first-order valence-corrected chi connectivity index (χ1v) is 9.22. The Balaban J connectivity index is 2.75. The van der Waals surface area contributed by atoms with Crippen molar-refractivity contribution in [2.75, 3.05) is 0 Å². The number of hydrogen-bond acceptors (Lipinski definition) is 0. The summed E-state index contributed by atoms with van der Waals surface area (Å²) < 4.78 is 0. The monoisotopic (exact) mass is 246 g/mol. The van der Waals surface area contributed by atoms with Crippen molar-refractivity contribution >= 4 is 34.0 Å². The second-order valence-corrected chi connectivity index (χ2v) is 10.6. The standard InChI is InChI=1S/C11H16Cl2Si/c1-3-10(2)9-14(12,13)11-7-5-4-6-8-11/h4-8,10H,3,9H2,1-2H3.